The maximum absolute atomic E-state index is 11.8. The van der Waals surface area contributed by atoms with Gasteiger partial charge < -0.3 is 15.1 Å². The van der Waals surface area contributed by atoms with E-state index in [1.807, 2.05) is 60.4 Å². The summed E-state index contributed by atoms with van der Waals surface area (Å²) in [6, 6.07) is 36.2. The van der Waals surface area contributed by atoms with Crippen molar-refractivity contribution in [3.8, 4) is 44.5 Å². The summed E-state index contributed by atoms with van der Waals surface area (Å²) < 4.78 is 2.00. The van der Waals surface area contributed by atoms with Gasteiger partial charge in [-0.15, -0.1) is 22.1 Å². The Morgan fingerprint density at radius 2 is 0.800 bits per heavy atom. The molecule has 1 radical (unpaired) electrons. The van der Waals surface area contributed by atoms with E-state index in [-0.39, 0.29) is 22.3 Å². The van der Waals surface area contributed by atoms with Crippen LogP contribution in [0.25, 0.3) is 90.9 Å². The molecule has 6 heterocycles. The van der Waals surface area contributed by atoms with Gasteiger partial charge in [-0.2, -0.15) is 0 Å². The first-order valence-corrected chi connectivity index (χ1v) is 17.8. The van der Waals surface area contributed by atoms with Gasteiger partial charge in [0.15, 0.2) is 12.4 Å². The topological polar surface area (TPSA) is 95.2 Å². The summed E-state index contributed by atoms with van der Waals surface area (Å²) in [7, 11) is 1.99. The number of hydrogen-bond donors (Lipinski definition) is 1. The SMILES string of the molecule is Cc1ccc(-c2c3nc(c(-c4ccc(C)cc4)c4ccc([n-]4)c(-c4cc[n+](C)cc4)c4nc(c(-c5ccc(C(=O)O)cc5)c5ccc2[n-]5)C=C4)C=C3)cc1.[Co+2]. The fourth-order valence-corrected chi connectivity index (χ4v) is 7.16. The van der Waals surface area contributed by atoms with Crippen LogP contribution in [0.3, 0.4) is 0 Å². The van der Waals surface area contributed by atoms with Crippen LogP contribution in [0.5, 0.6) is 0 Å². The molecule has 4 aromatic heterocycles. The van der Waals surface area contributed by atoms with E-state index in [0.717, 1.165) is 89.2 Å². The van der Waals surface area contributed by atoms with Crippen molar-refractivity contribution in [2.75, 3.05) is 0 Å². The number of hydrogen-bond acceptors (Lipinski definition) is 3. The number of rotatable bonds is 5. The number of carbonyl (C=O) groups is 1. The first-order valence-electron chi connectivity index (χ1n) is 17.8. The normalized spacial score (nSPS) is 11.8. The van der Waals surface area contributed by atoms with Gasteiger partial charge in [-0.05, 0) is 94.8 Å². The van der Waals surface area contributed by atoms with E-state index in [1.165, 1.54) is 5.56 Å². The minimum absolute atomic E-state index is 0. The van der Waals surface area contributed by atoms with Crippen LogP contribution < -0.4 is 14.5 Å². The number of aryl methyl sites for hydroxylation is 3. The zero-order valence-corrected chi connectivity index (χ0v) is 31.3. The summed E-state index contributed by atoms with van der Waals surface area (Å²) in [5.74, 6) is -0.981. The molecule has 0 saturated carbocycles. The van der Waals surface area contributed by atoms with Crippen molar-refractivity contribution in [1.82, 2.24) is 19.9 Å². The van der Waals surface area contributed by atoms with E-state index in [2.05, 4.69) is 98.8 Å². The molecule has 0 unspecified atom stereocenters. The van der Waals surface area contributed by atoms with Gasteiger partial charge in [0.1, 0.15) is 7.05 Å². The van der Waals surface area contributed by atoms with E-state index < -0.39 is 5.97 Å². The second-order valence-electron chi connectivity index (χ2n) is 13.7. The predicted octanol–water partition coefficient (Wildman–Crippen LogP) is 9.72. The molecule has 0 fully saturated rings. The van der Waals surface area contributed by atoms with Gasteiger partial charge in [0.05, 0.1) is 28.3 Å². The number of nitrogens with zero attached hydrogens (tertiary/aromatic N) is 5. The molecule has 0 atom stereocenters. The molecule has 7 aromatic rings. The van der Waals surface area contributed by atoms with Gasteiger partial charge in [0, 0.05) is 12.1 Å². The molecule has 8 bridgehead atoms. The van der Waals surface area contributed by atoms with Crippen LogP contribution in [0.2, 0.25) is 0 Å². The molecular formula is C47H34CoN5O2+. The van der Waals surface area contributed by atoms with Crippen molar-refractivity contribution in [3.63, 3.8) is 0 Å². The number of carboxylic acid groups (broad SMARTS) is 1. The van der Waals surface area contributed by atoms with Crippen LogP contribution in [0, 0.1) is 13.8 Å². The second-order valence-corrected chi connectivity index (χ2v) is 13.7. The van der Waals surface area contributed by atoms with Gasteiger partial charge in [-0.3, -0.25) is 0 Å². The maximum atomic E-state index is 11.8. The fourth-order valence-electron chi connectivity index (χ4n) is 7.16. The van der Waals surface area contributed by atoms with Gasteiger partial charge in [-0.25, -0.2) is 19.3 Å². The molecule has 0 amide bonds. The van der Waals surface area contributed by atoms with Crippen LogP contribution in [-0.2, 0) is 23.8 Å². The third-order valence-electron chi connectivity index (χ3n) is 9.98. The fraction of sp³-hybridized carbons (Fsp3) is 0.0638. The second kappa shape index (κ2) is 14.3. The number of aromatic nitrogens is 5. The number of fused-ring (bicyclic) bond motifs is 8. The summed E-state index contributed by atoms with van der Waals surface area (Å²) in [4.78, 5) is 33.0. The van der Waals surface area contributed by atoms with Crippen molar-refractivity contribution in [2.24, 2.45) is 7.05 Å². The van der Waals surface area contributed by atoms with Crippen LogP contribution in [0.4, 0.5) is 0 Å². The predicted molar refractivity (Wildman–Crippen MR) is 216 cm³/mol. The quantitative estimate of drug-likeness (QED) is 0.176. The Bertz CT molecular complexity index is 2800. The standard InChI is InChI=1S/C47H35N5O2.Co/c1-28-4-8-30(9-5-28)43-35-16-17-36(48-35)44(31-10-6-29(2)7-11-31)38-20-22-41(50-38)46(33-24-26-52(3)27-25-33)42-23-21-40(51-42)45(39-19-18-37(43)49-39)32-12-14-34(15-13-32)47(53)54;/h4-27H,1-3H3,(H2,48,49,50,51,53,54);/q;+2/p-1. The van der Waals surface area contributed by atoms with Crippen molar-refractivity contribution < 1.29 is 31.2 Å². The Balaban J connectivity index is 0.00000427. The molecule has 9 rings (SSSR count). The zero-order valence-electron chi connectivity index (χ0n) is 30.3. The molecule has 1 N–H and O–H groups in total. The smallest absolute Gasteiger partial charge is 0.657 e. The van der Waals surface area contributed by atoms with E-state index in [4.69, 9.17) is 19.9 Å². The van der Waals surface area contributed by atoms with Gasteiger partial charge >= 0.3 is 22.7 Å². The largest absolute Gasteiger partial charge is 2.00 e. The summed E-state index contributed by atoms with van der Waals surface area (Å²) in [6.07, 6.45) is 12.2. The van der Waals surface area contributed by atoms with Crippen molar-refractivity contribution in [1.29, 1.82) is 0 Å². The third-order valence-corrected chi connectivity index (χ3v) is 9.98. The summed E-state index contributed by atoms with van der Waals surface area (Å²) in [5, 5.41) is 9.67. The maximum Gasteiger partial charge on any atom is 2.00 e. The van der Waals surface area contributed by atoms with E-state index >= 15 is 0 Å². The van der Waals surface area contributed by atoms with Crippen LogP contribution >= 0.6 is 0 Å². The van der Waals surface area contributed by atoms with Crippen molar-refractivity contribution in [2.45, 2.75) is 13.8 Å². The molecule has 0 aliphatic carbocycles. The molecule has 0 spiro atoms. The Labute approximate surface area is 328 Å². The van der Waals surface area contributed by atoms with Gasteiger partial charge in [-0.1, -0.05) is 96.1 Å². The monoisotopic (exact) mass is 759 g/mol. The molecule has 267 valence electrons. The first kappa shape index (κ1) is 35.4. The minimum Gasteiger partial charge on any atom is -0.657 e. The third kappa shape index (κ3) is 6.62. The number of pyridine rings is 1. The molecule has 7 nitrogen and oxygen atoms in total. The van der Waals surface area contributed by atoms with Crippen molar-refractivity contribution >= 4 is 52.3 Å². The van der Waals surface area contributed by atoms with Crippen LogP contribution in [0.1, 0.15) is 44.3 Å². The molecular weight excluding hydrogens is 725 g/mol. The molecule has 55 heavy (non-hydrogen) atoms. The number of benzene rings is 3. The molecule has 2 aliphatic rings. The average Bonchev–Trinajstić information content (AvgIpc) is 4.02. The van der Waals surface area contributed by atoms with E-state index in [1.54, 1.807) is 12.1 Å². The van der Waals surface area contributed by atoms with Crippen LogP contribution in [0.15, 0.2) is 122 Å². The van der Waals surface area contributed by atoms with Gasteiger partial charge in [0.2, 0.25) is 0 Å². The number of carboxylic acids is 1. The molecule has 0 saturated heterocycles. The molecule has 8 heteroatoms. The van der Waals surface area contributed by atoms with Crippen molar-refractivity contribution in [3.05, 3.63) is 161 Å². The van der Waals surface area contributed by atoms with E-state index in [9.17, 15) is 9.90 Å². The summed E-state index contributed by atoms with van der Waals surface area (Å²) in [5.41, 5.74) is 16.1. The minimum atomic E-state index is -0.981. The number of aromatic carboxylic acids is 1. The zero-order chi connectivity index (χ0) is 36.9. The Morgan fingerprint density at radius 1 is 0.491 bits per heavy atom. The van der Waals surface area contributed by atoms with Gasteiger partial charge in [0.25, 0.3) is 0 Å². The Morgan fingerprint density at radius 3 is 1.13 bits per heavy atom. The summed E-state index contributed by atoms with van der Waals surface area (Å²) in [6.45, 7) is 4.17. The summed E-state index contributed by atoms with van der Waals surface area (Å²) >= 11 is 0. The van der Waals surface area contributed by atoms with E-state index in [0.29, 0.717) is 5.69 Å². The molecule has 3 aromatic carbocycles. The first-order chi connectivity index (χ1) is 26.3. The Kier molecular flexibility index (Phi) is 9.22. The molecule has 2 aliphatic heterocycles. The Hall–Kier alpha value is -6.61. The van der Waals surface area contributed by atoms with Crippen LogP contribution in [-0.4, -0.2) is 21.0 Å². The average molecular weight is 760 g/mol.